The van der Waals surface area contributed by atoms with Gasteiger partial charge >= 0.3 is 0 Å². The summed E-state index contributed by atoms with van der Waals surface area (Å²) in [5.74, 6) is 2.31. The van der Waals surface area contributed by atoms with Gasteiger partial charge in [0.05, 0.1) is 17.0 Å². The molecule has 162 valence electrons. The van der Waals surface area contributed by atoms with Crippen molar-refractivity contribution in [3.05, 3.63) is 23.7 Å². The Hall–Kier alpha value is -2.48. The Morgan fingerprint density at radius 2 is 2.03 bits per heavy atom. The van der Waals surface area contributed by atoms with E-state index in [1.807, 2.05) is 38.2 Å². The average molecular weight is 414 g/mol. The number of nitrogens with one attached hydrogen (secondary N) is 1. The number of amides is 1. The molecule has 1 atom stereocenters. The normalized spacial score (nSPS) is 24.0. The van der Waals surface area contributed by atoms with E-state index in [-0.39, 0.29) is 12.0 Å². The van der Waals surface area contributed by atoms with Crippen molar-refractivity contribution in [1.82, 2.24) is 20.4 Å². The van der Waals surface area contributed by atoms with Gasteiger partial charge in [-0.05, 0) is 51.4 Å². The summed E-state index contributed by atoms with van der Waals surface area (Å²) in [4.78, 5) is 23.5. The summed E-state index contributed by atoms with van der Waals surface area (Å²) >= 11 is 0. The van der Waals surface area contributed by atoms with Gasteiger partial charge in [0.1, 0.15) is 6.10 Å². The molecule has 0 bridgehead atoms. The van der Waals surface area contributed by atoms with E-state index >= 15 is 0 Å². The second kappa shape index (κ2) is 9.12. The molecule has 1 aliphatic heterocycles. The highest BCUT2D eigenvalue weighted by Crippen LogP contribution is 2.39. The lowest BCUT2D eigenvalue weighted by Gasteiger charge is -2.29. The zero-order chi connectivity index (χ0) is 21.1. The molecule has 2 aromatic heterocycles. The minimum atomic E-state index is -0.250. The van der Waals surface area contributed by atoms with Gasteiger partial charge in [0.2, 0.25) is 11.9 Å². The topological polar surface area (TPSA) is 93.4 Å². The second-order valence-corrected chi connectivity index (χ2v) is 8.66. The van der Waals surface area contributed by atoms with Gasteiger partial charge in [-0.2, -0.15) is 0 Å². The van der Waals surface area contributed by atoms with Crippen LogP contribution in [0.25, 0.3) is 11.3 Å². The van der Waals surface area contributed by atoms with E-state index in [0.717, 1.165) is 67.8 Å². The molecule has 1 N–H and O–H groups in total. The molecule has 0 aromatic carbocycles. The van der Waals surface area contributed by atoms with Crippen LogP contribution in [0, 0.1) is 12.8 Å². The largest absolute Gasteiger partial charge is 0.368 e. The molecule has 4 rings (SSSR count). The number of carbonyl (C=O) groups is 1. The van der Waals surface area contributed by atoms with Crippen LogP contribution in [0.2, 0.25) is 0 Å². The fourth-order valence-electron chi connectivity index (χ4n) is 4.38. The number of anilines is 1. The number of rotatable bonds is 6. The van der Waals surface area contributed by atoms with Crippen LogP contribution in [0.5, 0.6) is 0 Å². The molecular weight excluding hydrogens is 382 g/mol. The highest BCUT2D eigenvalue weighted by molar-refractivity contribution is 5.80. The zero-order valence-corrected chi connectivity index (χ0v) is 18.1. The van der Waals surface area contributed by atoms with Gasteiger partial charge in [-0.15, -0.1) is 0 Å². The van der Waals surface area contributed by atoms with E-state index in [1.54, 1.807) is 0 Å². The van der Waals surface area contributed by atoms with Crippen LogP contribution in [-0.2, 0) is 9.53 Å². The van der Waals surface area contributed by atoms with Crippen molar-refractivity contribution in [1.29, 1.82) is 0 Å². The van der Waals surface area contributed by atoms with Crippen LogP contribution < -0.4 is 10.2 Å². The molecule has 1 saturated carbocycles. The molecule has 1 saturated heterocycles. The van der Waals surface area contributed by atoms with Crippen molar-refractivity contribution in [2.75, 3.05) is 32.1 Å². The molecule has 8 heteroatoms. The first kappa shape index (κ1) is 20.8. The molecule has 0 spiro atoms. The number of hydrogen-bond acceptors (Lipinski definition) is 7. The second-order valence-electron chi connectivity index (χ2n) is 8.66. The number of hydrogen-bond donors (Lipinski definition) is 1. The Balaban J connectivity index is 1.42. The summed E-state index contributed by atoms with van der Waals surface area (Å²) in [6, 6.07) is 1.93. The molecular formula is C22H31N5O3. The summed E-state index contributed by atoms with van der Waals surface area (Å²) in [5, 5.41) is 7.12. The van der Waals surface area contributed by atoms with E-state index in [0.29, 0.717) is 24.4 Å². The van der Waals surface area contributed by atoms with Crippen molar-refractivity contribution in [2.24, 2.45) is 5.92 Å². The third-order valence-electron chi connectivity index (χ3n) is 6.12. The van der Waals surface area contributed by atoms with Crippen LogP contribution in [0.1, 0.15) is 55.8 Å². The molecule has 1 amide bonds. The average Bonchev–Trinajstić information content (AvgIpc) is 3.44. The highest BCUT2D eigenvalue weighted by Gasteiger charge is 2.29. The van der Waals surface area contributed by atoms with E-state index in [4.69, 9.17) is 14.2 Å². The van der Waals surface area contributed by atoms with E-state index < -0.39 is 0 Å². The highest BCUT2D eigenvalue weighted by atomic mass is 16.5. The Morgan fingerprint density at radius 3 is 2.67 bits per heavy atom. The molecule has 2 fully saturated rings. The lowest BCUT2D eigenvalue weighted by molar-refractivity contribution is -0.130. The Morgan fingerprint density at radius 1 is 1.23 bits per heavy atom. The summed E-state index contributed by atoms with van der Waals surface area (Å²) in [7, 11) is 3.90. The van der Waals surface area contributed by atoms with Crippen LogP contribution in [0.3, 0.4) is 0 Å². The third kappa shape index (κ3) is 4.64. The molecule has 0 unspecified atom stereocenters. The molecule has 0 radical (unpaired) electrons. The molecule has 8 nitrogen and oxygen atoms in total. The predicted molar refractivity (Wildman–Crippen MR) is 113 cm³/mol. The first-order chi connectivity index (χ1) is 14.5. The Kier molecular flexibility index (Phi) is 6.32. The summed E-state index contributed by atoms with van der Waals surface area (Å²) < 4.78 is 11.0. The van der Waals surface area contributed by atoms with Crippen LogP contribution in [-0.4, -0.2) is 54.4 Å². The van der Waals surface area contributed by atoms with Crippen molar-refractivity contribution >= 4 is 11.9 Å². The SMILES string of the molecule is Cc1cc(-c2cnc(N(C)C)nc2C2CCC(CNC(=O)[C@H]3CCCO3)CC2)on1. The quantitative estimate of drug-likeness (QED) is 0.778. The fraction of sp³-hybridized carbons (Fsp3) is 0.636. The van der Waals surface area contributed by atoms with E-state index in [9.17, 15) is 4.79 Å². The van der Waals surface area contributed by atoms with Gasteiger partial charge in [0.25, 0.3) is 0 Å². The number of aromatic nitrogens is 3. The van der Waals surface area contributed by atoms with Crippen molar-refractivity contribution in [3.8, 4) is 11.3 Å². The van der Waals surface area contributed by atoms with E-state index in [2.05, 4.69) is 15.5 Å². The summed E-state index contributed by atoms with van der Waals surface area (Å²) in [5.41, 5.74) is 2.81. The van der Waals surface area contributed by atoms with Gasteiger partial charge in [0, 0.05) is 45.4 Å². The zero-order valence-electron chi connectivity index (χ0n) is 18.1. The maximum atomic E-state index is 12.2. The van der Waals surface area contributed by atoms with Gasteiger partial charge in [-0.3, -0.25) is 4.79 Å². The maximum absolute atomic E-state index is 12.2. The first-order valence-corrected chi connectivity index (χ1v) is 10.9. The number of ether oxygens (including phenoxy) is 1. The van der Waals surface area contributed by atoms with E-state index in [1.165, 1.54) is 0 Å². The van der Waals surface area contributed by atoms with Gasteiger partial charge < -0.3 is 19.5 Å². The van der Waals surface area contributed by atoms with Crippen LogP contribution in [0.4, 0.5) is 5.95 Å². The minimum Gasteiger partial charge on any atom is -0.368 e. The lowest BCUT2D eigenvalue weighted by Crippen LogP contribution is -2.37. The smallest absolute Gasteiger partial charge is 0.249 e. The van der Waals surface area contributed by atoms with Gasteiger partial charge in [-0.1, -0.05) is 5.16 Å². The molecule has 3 heterocycles. The standard InChI is InChI=1S/C22H31N5O3/c1-14-11-19(30-26-14)17-13-24-22(27(2)3)25-20(17)16-8-6-15(7-9-16)12-23-21(28)18-5-4-10-29-18/h11,13,15-16,18H,4-10,12H2,1-3H3,(H,23,28)/t15?,16?,18-/m1/s1. The number of nitrogens with zero attached hydrogens (tertiary/aromatic N) is 4. The molecule has 1 aliphatic carbocycles. The van der Waals surface area contributed by atoms with Crippen LogP contribution >= 0.6 is 0 Å². The molecule has 30 heavy (non-hydrogen) atoms. The monoisotopic (exact) mass is 413 g/mol. The number of aryl methyl sites for hydroxylation is 1. The van der Waals surface area contributed by atoms with Crippen molar-refractivity contribution in [3.63, 3.8) is 0 Å². The summed E-state index contributed by atoms with van der Waals surface area (Å²) in [6.07, 6.45) is 7.61. The van der Waals surface area contributed by atoms with Crippen molar-refractivity contribution < 1.29 is 14.1 Å². The van der Waals surface area contributed by atoms with Gasteiger partial charge in [-0.25, -0.2) is 9.97 Å². The first-order valence-electron chi connectivity index (χ1n) is 10.9. The molecule has 2 aliphatic rings. The Labute approximate surface area is 177 Å². The lowest BCUT2D eigenvalue weighted by atomic mass is 9.79. The summed E-state index contributed by atoms with van der Waals surface area (Å²) in [6.45, 7) is 3.34. The Bertz CT molecular complexity index is 867. The predicted octanol–water partition coefficient (Wildman–Crippen LogP) is 3.08. The number of carbonyl (C=O) groups excluding carboxylic acids is 1. The third-order valence-corrected chi connectivity index (χ3v) is 6.12. The van der Waals surface area contributed by atoms with Gasteiger partial charge in [0.15, 0.2) is 5.76 Å². The minimum absolute atomic E-state index is 0.0454. The van der Waals surface area contributed by atoms with Crippen LogP contribution in [0.15, 0.2) is 16.8 Å². The maximum Gasteiger partial charge on any atom is 0.249 e. The molecule has 2 aromatic rings. The van der Waals surface area contributed by atoms with Crippen molar-refractivity contribution in [2.45, 2.75) is 57.5 Å². The fourth-order valence-corrected chi connectivity index (χ4v) is 4.38.